The van der Waals surface area contributed by atoms with E-state index in [1.54, 1.807) is 19.5 Å². The highest BCUT2D eigenvalue weighted by atomic mass is 16.5. The van der Waals surface area contributed by atoms with E-state index in [0.29, 0.717) is 17.9 Å². The number of nitriles is 1. The lowest BCUT2D eigenvalue weighted by atomic mass is 10.1. The second-order valence-corrected chi connectivity index (χ2v) is 4.53. The van der Waals surface area contributed by atoms with Gasteiger partial charge in [-0.2, -0.15) is 5.26 Å². The minimum atomic E-state index is 0.227. The third-order valence-electron chi connectivity index (χ3n) is 3.20. The van der Waals surface area contributed by atoms with Crippen molar-refractivity contribution in [1.82, 2.24) is 10.3 Å². The van der Waals surface area contributed by atoms with Crippen molar-refractivity contribution in [3.05, 3.63) is 59.4 Å². The summed E-state index contributed by atoms with van der Waals surface area (Å²) in [5.41, 5.74) is 2.81. The number of nitrogens with zero attached hydrogens (tertiary/aromatic N) is 2. The highest BCUT2D eigenvalue weighted by molar-refractivity contribution is 5.45. The van der Waals surface area contributed by atoms with E-state index in [-0.39, 0.29) is 6.04 Å². The predicted molar refractivity (Wildman–Crippen MR) is 77.2 cm³/mol. The van der Waals surface area contributed by atoms with Crippen LogP contribution in [0.2, 0.25) is 0 Å². The van der Waals surface area contributed by atoms with Gasteiger partial charge in [0.05, 0.1) is 12.7 Å². The fourth-order valence-corrected chi connectivity index (χ4v) is 1.99. The number of benzene rings is 1. The number of rotatable bonds is 5. The van der Waals surface area contributed by atoms with Gasteiger partial charge < -0.3 is 10.1 Å². The fourth-order valence-electron chi connectivity index (χ4n) is 1.99. The van der Waals surface area contributed by atoms with E-state index in [1.807, 2.05) is 30.3 Å². The van der Waals surface area contributed by atoms with Crippen LogP contribution in [-0.4, -0.2) is 12.1 Å². The smallest absolute Gasteiger partial charge is 0.136 e. The molecule has 1 aromatic carbocycles. The number of ether oxygens (including phenoxy) is 1. The van der Waals surface area contributed by atoms with Crippen LogP contribution in [0.3, 0.4) is 0 Å². The monoisotopic (exact) mass is 267 g/mol. The van der Waals surface area contributed by atoms with Gasteiger partial charge in [-0.05, 0) is 42.3 Å². The third kappa shape index (κ3) is 3.34. The Kier molecular flexibility index (Phi) is 4.70. The Morgan fingerprint density at radius 2 is 2.05 bits per heavy atom. The van der Waals surface area contributed by atoms with Gasteiger partial charge in [-0.15, -0.1) is 0 Å². The molecule has 2 aromatic rings. The highest BCUT2D eigenvalue weighted by Crippen LogP contribution is 2.19. The normalized spacial score (nSPS) is 11.7. The van der Waals surface area contributed by atoms with Crippen molar-refractivity contribution in [3.63, 3.8) is 0 Å². The SMILES string of the molecule is COc1ccc(CN[C@@H](C)c2ccncc2)cc1C#N. The Balaban J connectivity index is 2.03. The lowest BCUT2D eigenvalue weighted by molar-refractivity contribution is 0.413. The molecular formula is C16H17N3O. The summed E-state index contributed by atoms with van der Waals surface area (Å²) >= 11 is 0. The van der Waals surface area contributed by atoms with Crippen molar-refractivity contribution in [2.45, 2.75) is 19.5 Å². The van der Waals surface area contributed by atoms with Crippen molar-refractivity contribution in [1.29, 1.82) is 5.26 Å². The van der Waals surface area contributed by atoms with Crippen molar-refractivity contribution in [2.75, 3.05) is 7.11 Å². The molecule has 1 N–H and O–H groups in total. The molecule has 0 saturated carbocycles. The number of methoxy groups -OCH3 is 1. The van der Waals surface area contributed by atoms with Crippen LogP contribution in [0.5, 0.6) is 5.75 Å². The first-order valence-corrected chi connectivity index (χ1v) is 6.45. The van der Waals surface area contributed by atoms with Crippen LogP contribution < -0.4 is 10.1 Å². The van der Waals surface area contributed by atoms with Gasteiger partial charge in [0.25, 0.3) is 0 Å². The lowest BCUT2D eigenvalue weighted by Gasteiger charge is -2.14. The molecule has 0 fully saturated rings. The van der Waals surface area contributed by atoms with E-state index in [9.17, 15) is 0 Å². The van der Waals surface area contributed by atoms with Gasteiger partial charge >= 0.3 is 0 Å². The van der Waals surface area contributed by atoms with E-state index in [4.69, 9.17) is 10.00 Å². The summed E-state index contributed by atoms with van der Waals surface area (Å²) in [5, 5.41) is 12.5. The summed E-state index contributed by atoms with van der Waals surface area (Å²) in [6.45, 7) is 2.80. The Labute approximate surface area is 119 Å². The molecule has 1 atom stereocenters. The zero-order valence-electron chi connectivity index (χ0n) is 11.6. The molecule has 102 valence electrons. The Hall–Kier alpha value is -2.38. The lowest BCUT2D eigenvalue weighted by Crippen LogP contribution is -2.18. The first kappa shape index (κ1) is 14.0. The second-order valence-electron chi connectivity index (χ2n) is 4.53. The van der Waals surface area contributed by atoms with E-state index < -0.39 is 0 Å². The van der Waals surface area contributed by atoms with Crippen LogP contribution in [0.1, 0.15) is 29.7 Å². The van der Waals surface area contributed by atoms with Crippen LogP contribution in [0.15, 0.2) is 42.7 Å². The molecule has 2 rings (SSSR count). The number of aromatic nitrogens is 1. The Bertz CT molecular complexity index is 605. The average molecular weight is 267 g/mol. The van der Waals surface area contributed by atoms with Gasteiger partial charge in [0, 0.05) is 25.0 Å². The molecular weight excluding hydrogens is 250 g/mol. The van der Waals surface area contributed by atoms with Gasteiger partial charge in [0.2, 0.25) is 0 Å². The fraction of sp³-hybridized carbons (Fsp3) is 0.250. The maximum absolute atomic E-state index is 9.07. The van der Waals surface area contributed by atoms with Crippen molar-refractivity contribution < 1.29 is 4.74 Å². The van der Waals surface area contributed by atoms with Crippen molar-refractivity contribution >= 4 is 0 Å². The Morgan fingerprint density at radius 1 is 1.30 bits per heavy atom. The summed E-state index contributed by atoms with van der Waals surface area (Å²) in [6.07, 6.45) is 3.57. The number of hydrogen-bond donors (Lipinski definition) is 1. The Morgan fingerprint density at radius 3 is 2.70 bits per heavy atom. The largest absolute Gasteiger partial charge is 0.495 e. The quantitative estimate of drug-likeness (QED) is 0.905. The summed E-state index contributed by atoms with van der Waals surface area (Å²) in [6, 6.07) is 12.0. The average Bonchev–Trinajstić information content (AvgIpc) is 2.53. The molecule has 0 bridgehead atoms. The third-order valence-corrected chi connectivity index (χ3v) is 3.20. The summed E-state index contributed by atoms with van der Waals surface area (Å²) in [5.74, 6) is 0.610. The van der Waals surface area contributed by atoms with Gasteiger partial charge in [0.15, 0.2) is 0 Å². The first-order chi connectivity index (χ1) is 9.74. The van der Waals surface area contributed by atoms with Crippen molar-refractivity contribution in [3.8, 4) is 11.8 Å². The van der Waals surface area contributed by atoms with E-state index in [0.717, 1.165) is 5.56 Å². The van der Waals surface area contributed by atoms with Crippen LogP contribution in [0, 0.1) is 11.3 Å². The molecule has 0 aliphatic heterocycles. The number of pyridine rings is 1. The minimum Gasteiger partial charge on any atom is -0.495 e. The summed E-state index contributed by atoms with van der Waals surface area (Å²) < 4.78 is 5.14. The van der Waals surface area contributed by atoms with Crippen LogP contribution >= 0.6 is 0 Å². The minimum absolute atomic E-state index is 0.227. The van der Waals surface area contributed by atoms with E-state index in [1.165, 1.54) is 5.56 Å². The molecule has 20 heavy (non-hydrogen) atoms. The maximum Gasteiger partial charge on any atom is 0.136 e. The molecule has 0 unspecified atom stereocenters. The van der Waals surface area contributed by atoms with Gasteiger partial charge in [-0.3, -0.25) is 4.98 Å². The molecule has 4 heteroatoms. The van der Waals surface area contributed by atoms with Gasteiger partial charge in [-0.1, -0.05) is 6.07 Å². The molecule has 0 aliphatic rings. The van der Waals surface area contributed by atoms with Crippen LogP contribution in [0.4, 0.5) is 0 Å². The molecule has 0 amide bonds. The predicted octanol–water partition coefficient (Wildman–Crippen LogP) is 2.81. The molecule has 1 aromatic heterocycles. The number of nitrogens with one attached hydrogen (secondary N) is 1. The highest BCUT2D eigenvalue weighted by Gasteiger charge is 2.06. The van der Waals surface area contributed by atoms with Gasteiger partial charge in [0.1, 0.15) is 11.8 Å². The molecule has 0 saturated heterocycles. The summed E-state index contributed by atoms with van der Waals surface area (Å²) in [4.78, 5) is 4.01. The van der Waals surface area contributed by atoms with Crippen molar-refractivity contribution in [2.24, 2.45) is 0 Å². The molecule has 1 heterocycles. The molecule has 0 radical (unpaired) electrons. The zero-order valence-corrected chi connectivity index (χ0v) is 11.6. The van der Waals surface area contributed by atoms with E-state index in [2.05, 4.69) is 23.3 Å². The maximum atomic E-state index is 9.07. The van der Waals surface area contributed by atoms with Crippen LogP contribution in [0.25, 0.3) is 0 Å². The molecule has 4 nitrogen and oxygen atoms in total. The van der Waals surface area contributed by atoms with Crippen LogP contribution in [-0.2, 0) is 6.54 Å². The topological polar surface area (TPSA) is 57.9 Å². The first-order valence-electron chi connectivity index (χ1n) is 6.45. The van der Waals surface area contributed by atoms with E-state index >= 15 is 0 Å². The summed E-state index contributed by atoms with van der Waals surface area (Å²) in [7, 11) is 1.57. The molecule has 0 spiro atoms. The second kappa shape index (κ2) is 6.69. The standard InChI is InChI=1S/C16H17N3O/c1-12(14-5-7-18-8-6-14)19-11-13-3-4-16(20-2)15(9-13)10-17/h3-9,12,19H,11H2,1-2H3/t12-/m0/s1. The van der Waals surface area contributed by atoms with Gasteiger partial charge in [-0.25, -0.2) is 0 Å². The molecule has 0 aliphatic carbocycles. The number of hydrogen-bond acceptors (Lipinski definition) is 4. The zero-order chi connectivity index (χ0) is 14.4.